The SMILES string of the molecule is O=C(c1cccnc1)N1CCCC1CCCCl. The Hall–Kier alpha value is -1.09. The zero-order valence-electron chi connectivity index (χ0n) is 9.81. The number of halogens is 1. The van der Waals surface area contributed by atoms with Crippen LogP contribution in [0.3, 0.4) is 0 Å². The number of pyridine rings is 1. The first-order valence-electron chi connectivity index (χ1n) is 6.10. The number of carbonyl (C=O) groups is 1. The zero-order valence-corrected chi connectivity index (χ0v) is 10.6. The number of hydrogen-bond donors (Lipinski definition) is 0. The zero-order chi connectivity index (χ0) is 12.1. The standard InChI is InChI=1S/C13H17ClN2O/c14-7-1-5-12-6-3-9-16(12)13(17)11-4-2-8-15-10-11/h2,4,8,10,12H,1,3,5-7,9H2. The molecule has 1 fully saturated rings. The predicted molar refractivity (Wildman–Crippen MR) is 68.2 cm³/mol. The Kier molecular flexibility index (Phi) is 4.37. The summed E-state index contributed by atoms with van der Waals surface area (Å²) in [7, 11) is 0. The van der Waals surface area contributed by atoms with Crippen molar-refractivity contribution in [3.05, 3.63) is 30.1 Å². The van der Waals surface area contributed by atoms with Crippen molar-refractivity contribution in [2.75, 3.05) is 12.4 Å². The summed E-state index contributed by atoms with van der Waals surface area (Å²) in [5.41, 5.74) is 0.685. The van der Waals surface area contributed by atoms with Crippen molar-refractivity contribution >= 4 is 17.5 Å². The van der Waals surface area contributed by atoms with Crippen molar-refractivity contribution in [3.8, 4) is 0 Å². The van der Waals surface area contributed by atoms with Gasteiger partial charge in [-0.05, 0) is 37.8 Å². The fourth-order valence-electron chi connectivity index (χ4n) is 2.37. The number of aromatic nitrogens is 1. The van der Waals surface area contributed by atoms with Crippen LogP contribution in [0.25, 0.3) is 0 Å². The van der Waals surface area contributed by atoms with Gasteiger partial charge >= 0.3 is 0 Å². The number of likely N-dealkylation sites (tertiary alicyclic amines) is 1. The van der Waals surface area contributed by atoms with Crippen molar-refractivity contribution < 1.29 is 4.79 Å². The lowest BCUT2D eigenvalue weighted by Gasteiger charge is -2.24. The highest BCUT2D eigenvalue weighted by atomic mass is 35.5. The third-order valence-electron chi connectivity index (χ3n) is 3.22. The number of amides is 1. The topological polar surface area (TPSA) is 33.2 Å². The molecule has 4 heteroatoms. The Morgan fingerprint density at radius 3 is 3.18 bits per heavy atom. The highest BCUT2D eigenvalue weighted by molar-refractivity contribution is 6.17. The molecule has 92 valence electrons. The Morgan fingerprint density at radius 2 is 2.47 bits per heavy atom. The molecular formula is C13H17ClN2O. The molecule has 1 aliphatic heterocycles. The number of nitrogens with zero attached hydrogens (tertiary/aromatic N) is 2. The predicted octanol–water partition coefficient (Wildman–Crippen LogP) is 2.71. The summed E-state index contributed by atoms with van der Waals surface area (Å²) in [6.45, 7) is 0.862. The van der Waals surface area contributed by atoms with E-state index in [1.165, 1.54) is 0 Å². The molecule has 2 rings (SSSR count). The van der Waals surface area contributed by atoms with Crippen LogP contribution < -0.4 is 0 Å². The number of hydrogen-bond acceptors (Lipinski definition) is 2. The highest BCUT2D eigenvalue weighted by Crippen LogP contribution is 2.23. The number of rotatable bonds is 4. The molecule has 17 heavy (non-hydrogen) atoms. The van der Waals surface area contributed by atoms with E-state index in [0.29, 0.717) is 17.5 Å². The molecule has 0 aromatic carbocycles. The van der Waals surface area contributed by atoms with Crippen LogP contribution >= 0.6 is 11.6 Å². The summed E-state index contributed by atoms with van der Waals surface area (Å²) in [4.78, 5) is 18.2. The van der Waals surface area contributed by atoms with E-state index in [1.807, 2.05) is 11.0 Å². The molecule has 1 aliphatic rings. The highest BCUT2D eigenvalue weighted by Gasteiger charge is 2.28. The van der Waals surface area contributed by atoms with E-state index >= 15 is 0 Å². The molecule has 0 N–H and O–H groups in total. The largest absolute Gasteiger partial charge is 0.336 e. The minimum absolute atomic E-state index is 0.107. The van der Waals surface area contributed by atoms with Gasteiger partial charge in [-0.3, -0.25) is 9.78 Å². The van der Waals surface area contributed by atoms with Gasteiger partial charge in [-0.1, -0.05) is 0 Å². The first-order valence-corrected chi connectivity index (χ1v) is 6.63. The maximum Gasteiger partial charge on any atom is 0.255 e. The number of alkyl halides is 1. The van der Waals surface area contributed by atoms with Crippen LogP contribution in [0.5, 0.6) is 0 Å². The van der Waals surface area contributed by atoms with Gasteiger partial charge in [0.15, 0.2) is 0 Å². The normalized spacial score (nSPS) is 19.6. The molecular weight excluding hydrogens is 236 g/mol. The summed E-state index contributed by atoms with van der Waals surface area (Å²) in [6.07, 6.45) is 7.51. The minimum atomic E-state index is 0.107. The quantitative estimate of drug-likeness (QED) is 0.772. The van der Waals surface area contributed by atoms with Crippen LogP contribution in [0.4, 0.5) is 0 Å². The molecule has 0 aliphatic carbocycles. The van der Waals surface area contributed by atoms with Gasteiger partial charge in [0.25, 0.3) is 5.91 Å². The molecule has 3 nitrogen and oxygen atoms in total. The molecule has 1 unspecified atom stereocenters. The third kappa shape index (κ3) is 2.97. The molecule has 0 bridgehead atoms. The monoisotopic (exact) mass is 252 g/mol. The molecule has 0 saturated carbocycles. The van der Waals surface area contributed by atoms with Crippen molar-refractivity contribution in [3.63, 3.8) is 0 Å². The molecule has 0 radical (unpaired) electrons. The first-order chi connectivity index (χ1) is 8.33. The Bertz CT molecular complexity index is 369. The summed E-state index contributed by atoms with van der Waals surface area (Å²) in [5.74, 6) is 0.779. The average Bonchev–Trinajstić information content (AvgIpc) is 2.84. The lowest BCUT2D eigenvalue weighted by Crippen LogP contribution is -2.35. The van der Waals surface area contributed by atoms with Gasteiger partial charge < -0.3 is 4.90 Å². The van der Waals surface area contributed by atoms with E-state index in [1.54, 1.807) is 18.5 Å². The van der Waals surface area contributed by atoms with Crippen LogP contribution in [0.1, 0.15) is 36.0 Å². The van der Waals surface area contributed by atoms with Gasteiger partial charge in [0.05, 0.1) is 5.56 Å². The van der Waals surface area contributed by atoms with Crippen LogP contribution in [-0.4, -0.2) is 34.3 Å². The second-order valence-electron chi connectivity index (χ2n) is 4.37. The van der Waals surface area contributed by atoms with Gasteiger partial charge in [-0.25, -0.2) is 0 Å². The summed E-state index contributed by atoms with van der Waals surface area (Å²) >= 11 is 5.71. The van der Waals surface area contributed by atoms with Crippen molar-refractivity contribution in [2.45, 2.75) is 31.7 Å². The van der Waals surface area contributed by atoms with Gasteiger partial charge in [0.2, 0.25) is 0 Å². The molecule has 1 saturated heterocycles. The van der Waals surface area contributed by atoms with Gasteiger partial charge in [0, 0.05) is 30.9 Å². The second-order valence-corrected chi connectivity index (χ2v) is 4.75. The van der Waals surface area contributed by atoms with Crippen LogP contribution in [0, 0.1) is 0 Å². The Morgan fingerprint density at radius 1 is 1.59 bits per heavy atom. The summed E-state index contributed by atoms with van der Waals surface area (Å²) in [5, 5.41) is 0. The summed E-state index contributed by atoms with van der Waals surface area (Å²) in [6, 6.07) is 3.99. The van der Waals surface area contributed by atoms with Crippen LogP contribution in [-0.2, 0) is 0 Å². The average molecular weight is 253 g/mol. The van der Waals surface area contributed by atoms with Gasteiger partial charge in [-0.2, -0.15) is 0 Å². The maximum absolute atomic E-state index is 12.3. The second kappa shape index (κ2) is 6.01. The van der Waals surface area contributed by atoms with Gasteiger partial charge in [0.1, 0.15) is 0 Å². The fraction of sp³-hybridized carbons (Fsp3) is 0.538. The maximum atomic E-state index is 12.3. The van der Waals surface area contributed by atoms with E-state index in [2.05, 4.69) is 4.98 Å². The fourth-order valence-corrected chi connectivity index (χ4v) is 2.53. The van der Waals surface area contributed by atoms with E-state index in [-0.39, 0.29) is 5.91 Å². The molecule has 1 aromatic heterocycles. The smallest absolute Gasteiger partial charge is 0.255 e. The van der Waals surface area contributed by atoms with Gasteiger partial charge in [-0.15, -0.1) is 11.6 Å². The third-order valence-corrected chi connectivity index (χ3v) is 3.48. The van der Waals surface area contributed by atoms with Crippen LogP contribution in [0.15, 0.2) is 24.5 Å². The lowest BCUT2D eigenvalue weighted by atomic mass is 10.1. The van der Waals surface area contributed by atoms with E-state index in [0.717, 1.165) is 32.2 Å². The Balaban J connectivity index is 2.03. The van der Waals surface area contributed by atoms with E-state index in [9.17, 15) is 4.79 Å². The van der Waals surface area contributed by atoms with Crippen molar-refractivity contribution in [1.29, 1.82) is 0 Å². The molecule has 2 heterocycles. The number of carbonyl (C=O) groups excluding carboxylic acids is 1. The first kappa shape index (κ1) is 12.4. The molecule has 1 atom stereocenters. The lowest BCUT2D eigenvalue weighted by molar-refractivity contribution is 0.0729. The van der Waals surface area contributed by atoms with Crippen LogP contribution in [0.2, 0.25) is 0 Å². The molecule has 0 spiro atoms. The molecule has 1 amide bonds. The van der Waals surface area contributed by atoms with Crippen molar-refractivity contribution in [1.82, 2.24) is 9.88 Å². The van der Waals surface area contributed by atoms with E-state index in [4.69, 9.17) is 11.6 Å². The van der Waals surface area contributed by atoms with E-state index < -0.39 is 0 Å². The minimum Gasteiger partial charge on any atom is -0.336 e. The van der Waals surface area contributed by atoms with Crippen molar-refractivity contribution in [2.24, 2.45) is 0 Å². The Labute approximate surface area is 107 Å². The summed E-state index contributed by atoms with van der Waals surface area (Å²) < 4.78 is 0. The molecule has 1 aromatic rings.